The van der Waals surface area contributed by atoms with Crippen molar-refractivity contribution in [2.45, 2.75) is 13.5 Å². The van der Waals surface area contributed by atoms with E-state index in [2.05, 4.69) is 25.7 Å². The number of thiocarbonyl (C=S) groups is 1. The van der Waals surface area contributed by atoms with E-state index in [0.29, 0.717) is 23.2 Å². The maximum Gasteiger partial charge on any atom is 0.268 e. The van der Waals surface area contributed by atoms with Gasteiger partial charge in [0.1, 0.15) is 4.99 Å². The maximum absolute atomic E-state index is 5.16. The van der Waals surface area contributed by atoms with E-state index in [1.54, 1.807) is 6.20 Å². The van der Waals surface area contributed by atoms with Gasteiger partial charge in [-0.05, 0) is 24.3 Å². The van der Waals surface area contributed by atoms with Gasteiger partial charge in [-0.2, -0.15) is 4.80 Å². The van der Waals surface area contributed by atoms with Gasteiger partial charge in [0.15, 0.2) is 0 Å². The summed E-state index contributed by atoms with van der Waals surface area (Å²) in [5.41, 5.74) is 0.686. The number of hydrogen-bond acceptors (Lipinski definition) is 5. The predicted molar refractivity (Wildman–Crippen MR) is 63.1 cm³/mol. The van der Waals surface area contributed by atoms with Crippen LogP contribution in [0.5, 0.6) is 0 Å². The van der Waals surface area contributed by atoms with Gasteiger partial charge in [0.25, 0.3) is 5.95 Å². The Hall–Kier alpha value is -1.89. The number of tetrazole rings is 1. The number of anilines is 1. The van der Waals surface area contributed by atoms with Crippen LogP contribution < -0.4 is 5.32 Å². The molecular weight excluding hydrogens is 224 g/mol. The van der Waals surface area contributed by atoms with Crippen LogP contribution in [0.15, 0.2) is 24.4 Å². The quantitative estimate of drug-likeness (QED) is 0.795. The van der Waals surface area contributed by atoms with Crippen molar-refractivity contribution < 1.29 is 0 Å². The van der Waals surface area contributed by atoms with Crippen molar-refractivity contribution in [3.05, 3.63) is 30.1 Å². The lowest BCUT2D eigenvalue weighted by Crippen LogP contribution is -2.13. The number of hydrogen-bond donors (Lipinski definition) is 1. The molecule has 2 aromatic heterocycles. The zero-order valence-corrected chi connectivity index (χ0v) is 9.48. The van der Waals surface area contributed by atoms with Gasteiger partial charge in [-0.3, -0.25) is 4.98 Å². The van der Waals surface area contributed by atoms with Crippen molar-refractivity contribution in [1.82, 2.24) is 25.2 Å². The van der Waals surface area contributed by atoms with Gasteiger partial charge in [-0.1, -0.05) is 23.4 Å². The van der Waals surface area contributed by atoms with Gasteiger partial charge in [0, 0.05) is 6.20 Å². The molecule has 0 aliphatic heterocycles. The molecule has 16 heavy (non-hydrogen) atoms. The largest absolute Gasteiger partial charge is 0.311 e. The SMILES string of the molecule is CCn1nnc(NC(=S)c2ccccn2)n1. The average Bonchev–Trinajstić information content (AvgIpc) is 2.78. The van der Waals surface area contributed by atoms with Gasteiger partial charge in [0.2, 0.25) is 0 Å². The van der Waals surface area contributed by atoms with Crippen LogP contribution in [0.2, 0.25) is 0 Å². The standard InChI is InChI=1S/C9H10N6S/c1-2-15-13-9(12-14-15)11-8(16)7-5-3-4-6-10-7/h3-6H,2H2,1H3,(H,11,13,16). The number of aryl methyl sites for hydroxylation is 1. The van der Waals surface area contributed by atoms with Crippen LogP contribution in [0, 0.1) is 0 Å². The molecule has 0 atom stereocenters. The molecule has 0 bridgehead atoms. The maximum atomic E-state index is 5.16. The number of pyridine rings is 1. The molecule has 7 heteroatoms. The predicted octanol–water partition coefficient (Wildman–Crippen LogP) is 0.876. The Balaban J connectivity index is 2.08. The molecule has 0 aliphatic carbocycles. The van der Waals surface area contributed by atoms with Gasteiger partial charge >= 0.3 is 0 Å². The van der Waals surface area contributed by atoms with Gasteiger partial charge in [0.05, 0.1) is 12.2 Å². The van der Waals surface area contributed by atoms with Crippen LogP contribution in [-0.2, 0) is 6.54 Å². The van der Waals surface area contributed by atoms with E-state index >= 15 is 0 Å². The molecule has 0 amide bonds. The average molecular weight is 234 g/mol. The summed E-state index contributed by atoms with van der Waals surface area (Å²) in [5, 5.41) is 14.6. The van der Waals surface area contributed by atoms with E-state index in [-0.39, 0.29) is 0 Å². The number of nitrogens with zero attached hydrogens (tertiary/aromatic N) is 5. The zero-order chi connectivity index (χ0) is 11.4. The van der Waals surface area contributed by atoms with Crippen molar-refractivity contribution in [1.29, 1.82) is 0 Å². The molecule has 0 unspecified atom stereocenters. The summed E-state index contributed by atoms with van der Waals surface area (Å²) in [6, 6.07) is 5.52. The molecule has 0 saturated carbocycles. The third-order valence-electron chi connectivity index (χ3n) is 1.86. The lowest BCUT2D eigenvalue weighted by atomic mass is 10.3. The summed E-state index contributed by atoms with van der Waals surface area (Å²) in [6.07, 6.45) is 1.68. The Labute approximate surface area is 97.7 Å². The van der Waals surface area contributed by atoms with E-state index in [1.165, 1.54) is 4.80 Å². The van der Waals surface area contributed by atoms with Crippen molar-refractivity contribution in [2.75, 3.05) is 5.32 Å². The summed E-state index contributed by atoms with van der Waals surface area (Å²) >= 11 is 5.16. The second kappa shape index (κ2) is 4.75. The molecule has 0 aromatic carbocycles. The van der Waals surface area contributed by atoms with E-state index in [0.717, 1.165) is 0 Å². The summed E-state index contributed by atoms with van der Waals surface area (Å²) in [4.78, 5) is 6.07. The molecule has 2 heterocycles. The Morgan fingerprint density at radius 2 is 2.38 bits per heavy atom. The summed E-state index contributed by atoms with van der Waals surface area (Å²) in [5.74, 6) is 0.387. The molecule has 0 aliphatic rings. The molecule has 82 valence electrons. The molecule has 2 rings (SSSR count). The first kappa shape index (κ1) is 10.6. The van der Waals surface area contributed by atoms with Crippen LogP contribution in [-0.4, -0.2) is 30.2 Å². The van der Waals surface area contributed by atoms with Gasteiger partial charge in [-0.25, -0.2) is 0 Å². The first-order valence-electron chi connectivity index (χ1n) is 4.80. The topological polar surface area (TPSA) is 68.5 Å². The first-order valence-corrected chi connectivity index (χ1v) is 5.20. The second-order valence-corrected chi connectivity index (χ2v) is 3.38. The zero-order valence-electron chi connectivity index (χ0n) is 8.66. The van der Waals surface area contributed by atoms with Gasteiger partial charge < -0.3 is 5.32 Å². The number of aromatic nitrogens is 5. The first-order chi connectivity index (χ1) is 7.79. The fourth-order valence-electron chi connectivity index (χ4n) is 1.09. The van der Waals surface area contributed by atoms with E-state index < -0.39 is 0 Å². The Morgan fingerprint density at radius 1 is 1.50 bits per heavy atom. The van der Waals surface area contributed by atoms with Crippen LogP contribution >= 0.6 is 12.2 Å². The highest BCUT2D eigenvalue weighted by atomic mass is 32.1. The third kappa shape index (κ3) is 2.37. The molecule has 0 radical (unpaired) electrons. The number of rotatable bonds is 3. The lowest BCUT2D eigenvalue weighted by molar-refractivity contribution is 0.553. The Kier molecular flexibility index (Phi) is 3.16. The molecule has 6 nitrogen and oxygen atoms in total. The highest BCUT2D eigenvalue weighted by Crippen LogP contribution is 2.00. The van der Waals surface area contributed by atoms with Crippen LogP contribution in [0.3, 0.4) is 0 Å². The normalized spacial score (nSPS) is 10.1. The van der Waals surface area contributed by atoms with Crippen LogP contribution in [0.1, 0.15) is 12.6 Å². The minimum Gasteiger partial charge on any atom is -0.311 e. The highest BCUT2D eigenvalue weighted by Gasteiger charge is 2.06. The van der Waals surface area contributed by atoms with Crippen molar-refractivity contribution in [3.8, 4) is 0 Å². The summed E-state index contributed by atoms with van der Waals surface area (Å²) < 4.78 is 0. The summed E-state index contributed by atoms with van der Waals surface area (Å²) in [7, 11) is 0. The minimum atomic E-state index is 0.387. The van der Waals surface area contributed by atoms with E-state index in [1.807, 2.05) is 25.1 Å². The van der Waals surface area contributed by atoms with Gasteiger partial charge in [-0.15, -0.1) is 5.10 Å². The monoisotopic (exact) mass is 234 g/mol. The Bertz CT molecular complexity index is 480. The highest BCUT2D eigenvalue weighted by molar-refractivity contribution is 7.81. The second-order valence-electron chi connectivity index (χ2n) is 2.97. The Morgan fingerprint density at radius 3 is 3.00 bits per heavy atom. The van der Waals surface area contributed by atoms with Crippen LogP contribution in [0.25, 0.3) is 0 Å². The lowest BCUT2D eigenvalue weighted by Gasteiger charge is -2.01. The molecule has 1 N–H and O–H groups in total. The van der Waals surface area contributed by atoms with E-state index in [9.17, 15) is 0 Å². The fourth-order valence-corrected chi connectivity index (χ4v) is 1.30. The minimum absolute atomic E-state index is 0.387. The van der Waals surface area contributed by atoms with E-state index in [4.69, 9.17) is 12.2 Å². The molecule has 0 spiro atoms. The number of nitrogens with one attached hydrogen (secondary N) is 1. The molecule has 0 fully saturated rings. The van der Waals surface area contributed by atoms with Crippen molar-refractivity contribution >= 4 is 23.2 Å². The fraction of sp³-hybridized carbons (Fsp3) is 0.222. The smallest absolute Gasteiger partial charge is 0.268 e. The van der Waals surface area contributed by atoms with Crippen molar-refractivity contribution in [3.63, 3.8) is 0 Å². The third-order valence-corrected chi connectivity index (χ3v) is 2.17. The van der Waals surface area contributed by atoms with Crippen LogP contribution in [0.4, 0.5) is 5.95 Å². The van der Waals surface area contributed by atoms with Crippen molar-refractivity contribution in [2.24, 2.45) is 0 Å². The molecular formula is C9H10N6S. The molecule has 2 aromatic rings. The molecule has 0 saturated heterocycles. The summed E-state index contributed by atoms with van der Waals surface area (Å²) in [6.45, 7) is 2.60.